The van der Waals surface area contributed by atoms with E-state index in [0.29, 0.717) is 29.4 Å². The third-order valence-electron chi connectivity index (χ3n) is 6.93. The molecular weight excluding hydrogens is 484 g/mol. The van der Waals surface area contributed by atoms with Gasteiger partial charge in [0.15, 0.2) is 13.2 Å². The van der Waals surface area contributed by atoms with Crippen LogP contribution in [0, 0.1) is 5.92 Å². The molecule has 1 saturated carbocycles. The summed E-state index contributed by atoms with van der Waals surface area (Å²) >= 11 is 0. The number of benzene rings is 2. The van der Waals surface area contributed by atoms with Gasteiger partial charge in [-0.3, -0.25) is 9.59 Å². The van der Waals surface area contributed by atoms with Crippen LogP contribution >= 0.6 is 0 Å². The van der Waals surface area contributed by atoms with Gasteiger partial charge in [0.05, 0.1) is 25.6 Å². The standard InChI is InChI=1S/C27H26O10/c1-3-32-23(29)13-34-15-5-7-17-18-11-27(25(18)26(31)37-20(17)9-15)12-22(28)36-21-10-16(6-8-19(21)27)35-14-24(30)33-4-2/h5-10,18,25H,3-4,11-14H2,1-2H3. The van der Waals surface area contributed by atoms with Crippen LogP contribution in [0.25, 0.3) is 0 Å². The monoisotopic (exact) mass is 510 g/mol. The summed E-state index contributed by atoms with van der Waals surface area (Å²) in [5, 5.41) is 0. The Morgan fingerprint density at radius 1 is 0.892 bits per heavy atom. The van der Waals surface area contributed by atoms with Crippen LogP contribution in [0.5, 0.6) is 23.0 Å². The van der Waals surface area contributed by atoms with E-state index in [9.17, 15) is 19.2 Å². The van der Waals surface area contributed by atoms with Crippen LogP contribution in [0.2, 0.25) is 0 Å². The maximum Gasteiger partial charge on any atom is 0.344 e. The highest BCUT2D eigenvalue weighted by molar-refractivity contribution is 5.88. The van der Waals surface area contributed by atoms with Crippen molar-refractivity contribution in [3.8, 4) is 23.0 Å². The summed E-state index contributed by atoms with van der Waals surface area (Å²) < 4.78 is 31.8. The van der Waals surface area contributed by atoms with Crippen LogP contribution < -0.4 is 18.9 Å². The zero-order chi connectivity index (χ0) is 26.2. The maximum absolute atomic E-state index is 13.2. The molecule has 1 aliphatic carbocycles. The third kappa shape index (κ3) is 4.47. The van der Waals surface area contributed by atoms with Crippen molar-refractivity contribution in [2.45, 2.75) is 38.0 Å². The number of carbonyl (C=O) groups excluding carboxylic acids is 4. The molecule has 3 unspecified atom stereocenters. The number of ether oxygens (including phenoxy) is 6. The molecule has 37 heavy (non-hydrogen) atoms. The van der Waals surface area contributed by atoms with Gasteiger partial charge in [0.25, 0.3) is 0 Å². The SMILES string of the molecule is CCOC(=O)COc1ccc2c(c1)OC(=O)C1C2CC12CC(=O)Oc1cc(OCC(=O)OCC)ccc12. The molecule has 10 nitrogen and oxygen atoms in total. The van der Waals surface area contributed by atoms with Crippen molar-refractivity contribution in [3.63, 3.8) is 0 Å². The van der Waals surface area contributed by atoms with Crippen molar-refractivity contribution in [3.05, 3.63) is 47.5 Å². The Balaban J connectivity index is 1.36. The Bertz CT molecular complexity index is 1270. The Labute approximate surface area is 212 Å². The van der Waals surface area contributed by atoms with E-state index in [-0.39, 0.29) is 38.8 Å². The number of carbonyl (C=O) groups is 4. The topological polar surface area (TPSA) is 124 Å². The van der Waals surface area contributed by atoms with Crippen LogP contribution in [-0.2, 0) is 34.1 Å². The van der Waals surface area contributed by atoms with E-state index in [1.165, 1.54) is 0 Å². The van der Waals surface area contributed by atoms with Crippen molar-refractivity contribution in [1.29, 1.82) is 0 Å². The van der Waals surface area contributed by atoms with Crippen molar-refractivity contribution in [2.75, 3.05) is 26.4 Å². The summed E-state index contributed by atoms with van der Waals surface area (Å²) in [5.41, 5.74) is 0.809. The fourth-order valence-corrected chi connectivity index (χ4v) is 5.46. The Morgan fingerprint density at radius 2 is 1.51 bits per heavy atom. The minimum atomic E-state index is -0.761. The van der Waals surface area contributed by atoms with E-state index in [1.54, 1.807) is 44.2 Å². The second-order valence-electron chi connectivity index (χ2n) is 9.06. The average molecular weight is 510 g/mol. The summed E-state index contributed by atoms with van der Waals surface area (Å²) in [5.74, 6) is -1.18. The Morgan fingerprint density at radius 3 is 2.16 bits per heavy atom. The normalized spacial score (nSPS) is 22.9. The highest BCUT2D eigenvalue weighted by Gasteiger charge is 2.64. The number of fused-ring (bicyclic) bond motifs is 6. The molecule has 3 atom stereocenters. The molecule has 10 heteroatoms. The van der Waals surface area contributed by atoms with Gasteiger partial charge in [-0.05, 0) is 38.0 Å². The smallest absolute Gasteiger partial charge is 0.344 e. The lowest BCUT2D eigenvalue weighted by molar-refractivity contribution is -0.156. The fraction of sp³-hybridized carbons (Fsp3) is 0.407. The number of hydrogen-bond donors (Lipinski definition) is 0. The first-order chi connectivity index (χ1) is 17.8. The summed E-state index contributed by atoms with van der Waals surface area (Å²) in [7, 11) is 0. The first-order valence-corrected chi connectivity index (χ1v) is 12.1. The van der Waals surface area contributed by atoms with E-state index in [4.69, 9.17) is 28.4 Å². The van der Waals surface area contributed by atoms with Crippen molar-refractivity contribution in [2.24, 2.45) is 5.92 Å². The number of hydrogen-bond acceptors (Lipinski definition) is 10. The number of esters is 4. The van der Waals surface area contributed by atoms with Crippen LogP contribution in [-0.4, -0.2) is 50.3 Å². The first-order valence-electron chi connectivity index (χ1n) is 12.1. The molecule has 0 aromatic heterocycles. The van der Waals surface area contributed by atoms with E-state index >= 15 is 0 Å². The molecule has 3 aliphatic rings. The molecule has 1 fully saturated rings. The first kappa shape index (κ1) is 24.6. The van der Waals surface area contributed by atoms with Crippen LogP contribution in [0.1, 0.15) is 43.7 Å². The summed E-state index contributed by atoms with van der Waals surface area (Å²) in [6, 6.07) is 10.1. The largest absolute Gasteiger partial charge is 0.482 e. The zero-order valence-corrected chi connectivity index (χ0v) is 20.4. The minimum absolute atomic E-state index is 0.0510. The number of rotatable bonds is 8. The average Bonchev–Trinajstić information content (AvgIpc) is 2.84. The molecule has 5 rings (SSSR count). The molecular formula is C27H26O10. The molecule has 2 aromatic carbocycles. The molecule has 2 aliphatic heterocycles. The lowest BCUT2D eigenvalue weighted by Gasteiger charge is -2.56. The van der Waals surface area contributed by atoms with Gasteiger partial charge in [-0.25, -0.2) is 9.59 Å². The van der Waals surface area contributed by atoms with Gasteiger partial charge in [-0.15, -0.1) is 0 Å². The van der Waals surface area contributed by atoms with E-state index in [2.05, 4.69) is 0 Å². The molecule has 1 spiro atoms. The second kappa shape index (κ2) is 9.76. The van der Waals surface area contributed by atoms with Crippen LogP contribution in [0.3, 0.4) is 0 Å². The Hall–Kier alpha value is -4.08. The molecule has 194 valence electrons. The molecule has 2 heterocycles. The van der Waals surface area contributed by atoms with Crippen molar-refractivity contribution >= 4 is 23.9 Å². The molecule has 0 N–H and O–H groups in total. The quantitative estimate of drug-likeness (QED) is 0.387. The predicted octanol–water partition coefficient (Wildman–Crippen LogP) is 2.84. The van der Waals surface area contributed by atoms with E-state index in [1.807, 2.05) is 6.07 Å². The van der Waals surface area contributed by atoms with Gasteiger partial charge >= 0.3 is 23.9 Å². The molecule has 0 radical (unpaired) electrons. The second-order valence-corrected chi connectivity index (χ2v) is 9.06. The van der Waals surface area contributed by atoms with Gasteiger partial charge in [0.2, 0.25) is 0 Å². The van der Waals surface area contributed by atoms with Crippen molar-refractivity contribution < 1.29 is 47.6 Å². The van der Waals surface area contributed by atoms with E-state index < -0.39 is 35.2 Å². The summed E-state index contributed by atoms with van der Waals surface area (Å²) in [6.07, 6.45) is 0.600. The van der Waals surface area contributed by atoms with Gasteiger partial charge in [-0.1, -0.05) is 12.1 Å². The van der Waals surface area contributed by atoms with Gasteiger partial charge in [0.1, 0.15) is 23.0 Å². The highest BCUT2D eigenvalue weighted by Crippen LogP contribution is 2.65. The molecule has 0 bridgehead atoms. The van der Waals surface area contributed by atoms with Crippen LogP contribution in [0.4, 0.5) is 0 Å². The van der Waals surface area contributed by atoms with Crippen molar-refractivity contribution in [1.82, 2.24) is 0 Å². The third-order valence-corrected chi connectivity index (χ3v) is 6.93. The van der Waals surface area contributed by atoms with Gasteiger partial charge in [-0.2, -0.15) is 0 Å². The lowest BCUT2D eigenvalue weighted by Crippen LogP contribution is -2.59. The maximum atomic E-state index is 13.2. The predicted molar refractivity (Wildman–Crippen MR) is 126 cm³/mol. The van der Waals surface area contributed by atoms with Gasteiger partial charge in [0, 0.05) is 29.0 Å². The van der Waals surface area contributed by atoms with Gasteiger partial charge < -0.3 is 28.4 Å². The Kier molecular flexibility index (Phi) is 6.49. The lowest BCUT2D eigenvalue weighted by atomic mass is 9.47. The highest BCUT2D eigenvalue weighted by atomic mass is 16.6. The summed E-state index contributed by atoms with van der Waals surface area (Å²) in [4.78, 5) is 49.0. The summed E-state index contributed by atoms with van der Waals surface area (Å²) in [6.45, 7) is 3.39. The zero-order valence-electron chi connectivity index (χ0n) is 20.4. The molecule has 0 amide bonds. The molecule has 0 saturated heterocycles. The van der Waals surface area contributed by atoms with Crippen LogP contribution in [0.15, 0.2) is 36.4 Å². The molecule has 2 aromatic rings. The minimum Gasteiger partial charge on any atom is -0.482 e. The fourth-order valence-electron chi connectivity index (χ4n) is 5.46. The van der Waals surface area contributed by atoms with E-state index in [0.717, 1.165) is 11.1 Å².